The average molecular weight is 461 g/mol. The van der Waals surface area contributed by atoms with Crippen LogP contribution >= 0.6 is 0 Å². The minimum atomic E-state index is -1.01. The Labute approximate surface area is 193 Å². The molecule has 7 nitrogen and oxygen atoms in total. The van der Waals surface area contributed by atoms with E-state index < -0.39 is 17.2 Å². The number of aryl methyl sites for hydroxylation is 1. The lowest BCUT2D eigenvalue weighted by Gasteiger charge is -2.38. The largest absolute Gasteiger partial charge is 0.382 e. The first-order valence-electron chi connectivity index (χ1n) is 11.0. The average Bonchev–Trinajstić information content (AvgIpc) is 3.33. The molecule has 0 bridgehead atoms. The van der Waals surface area contributed by atoms with E-state index in [2.05, 4.69) is 15.4 Å². The fourth-order valence-electron chi connectivity index (χ4n) is 4.81. The second-order valence-corrected chi connectivity index (χ2v) is 8.94. The summed E-state index contributed by atoms with van der Waals surface area (Å²) in [7, 11) is 1.76. The molecule has 4 aromatic rings. The van der Waals surface area contributed by atoms with Gasteiger partial charge in [0.05, 0.1) is 29.9 Å². The van der Waals surface area contributed by atoms with Crippen LogP contribution in [0.5, 0.6) is 0 Å². The number of benzene rings is 2. The van der Waals surface area contributed by atoms with Crippen LogP contribution < -0.4 is 5.32 Å². The molecule has 2 N–H and O–H groups in total. The Bertz CT molecular complexity index is 1450. The zero-order valence-electron chi connectivity index (χ0n) is 18.3. The SMILES string of the molecule is Cn1cc2c(-c3cc(F)c(CN4Cc5ncccc5C4=O)c(F)c3)ccc(C3(O)CNC3)c2n1. The maximum Gasteiger partial charge on any atom is 0.256 e. The van der Waals surface area contributed by atoms with Gasteiger partial charge < -0.3 is 15.3 Å². The van der Waals surface area contributed by atoms with Gasteiger partial charge in [-0.3, -0.25) is 14.5 Å². The lowest BCUT2D eigenvalue weighted by molar-refractivity contribution is -0.0134. The monoisotopic (exact) mass is 461 g/mol. The molecule has 1 amide bonds. The Morgan fingerprint density at radius 3 is 2.59 bits per heavy atom. The summed E-state index contributed by atoms with van der Waals surface area (Å²) in [5, 5.41) is 19.1. The molecule has 0 aliphatic carbocycles. The maximum atomic E-state index is 15.2. The highest BCUT2D eigenvalue weighted by molar-refractivity contribution is 5.98. The van der Waals surface area contributed by atoms with Crippen LogP contribution in [0.25, 0.3) is 22.0 Å². The number of aromatic nitrogens is 3. The molecule has 34 heavy (non-hydrogen) atoms. The number of halogens is 2. The molecule has 0 unspecified atom stereocenters. The van der Waals surface area contributed by atoms with Crippen LogP contribution in [0.1, 0.15) is 27.2 Å². The number of β-amino-alcohol motifs (C(OH)–C–C–N with tert-alkyl or cyclic N) is 1. The van der Waals surface area contributed by atoms with Crippen molar-refractivity contribution in [3.8, 4) is 11.1 Å². The van der Waals surface area contributed by atoms with E-state index in [9.17, 15) is 9.90 Å². The molecule has 0 saturated carbocycles. The molecule has 2 aliphatic rings. The molecule has 1 fully saturated rings. The van der Waals surface area contributed by atoms with E-state index in [1.165, 1.54) is 17.0 Å². The van der Waals surface area contributed by atoms with E-state index in [4.69, 9.17) is 0 Å². The molecule has 1 saturated heterocycles. The van der Waals surface area contributed by atoms with Gasteiger partial charge in [-0.15, -0.1) is 0 Å². The maximum absolute atomic E-state index is 15.2. The lowest BCUT2D eigenvalue weighted by Crippen LogP contribution is -2.56. The normalized spacial score (nSPS) is 16.7. The number of amides is 1. The first-order valence-corrected chi connectivity index (χ1v) is 11.0. The summed E-state index contributed by atoms with van der Waals surface area (Å²) in [6.45, 7) is 0.870. The summed E-state index contributed by atoms with van der Waals surface area (Å²) in [5.74, 6) is -1.74. The van der Waals surface area contributed by atoms with E-state index in [-0.39, 0.29) is 24.6 Å². The third-order valence-corrected chi connectivity index (χ3v) is 6.68. The number of nitrogens with one attached hydrogen (secondary N) is 1. The van der Waals surface area contributed by atoms with Crippen LogP contribution in [0.3, 0.4) is 0 Å². The number of carbonyl (C=O) groups excluding carboxylic acids is 1. The predicted octanol–water partition coefficient (Wildman–Crippen LogP) is 2.86. The molecule has 172 valence electrons. The van der Waals surface area contributed by atoms with Crippen molar-refractivity contribution in [1.29, 1.82) is 0 Å². The third kappa shape index (κ3) is 3.12. The molecule has 2 aliphatic heterocycles. The Kier molecular flexibility index (Phi) is 4.55. The van der Waals surface area contributed by atoms with Crippen molar-refractivity contribution in [1.82, 2.24) is 25.0 Å². The van der Waals surface area contributed by atoms with Crippen LogP contribution in [-0.2, 0) is 25.7 Å². The first kappa shape index (κ1) is 20.9. The molecule has 2 aromatic carbocycles. The van der Waals surface area contributed by atoms with Gasteiger partial charge in [0.1, 0.15) is 17.2 Å². The fourth-order valence-corrected chi connectivity index (χ4v) is 4.81. The number of rotatable bonds is 4. The number of pyridine rings is 1. The first-order chi connectivity index (χ1) is 16.3. The number of carbonyl (C=O) groups is 1. The molecular weight excluding hydrogens is 440 g/mol. The summed E-state index contributed by atoms with van der Waals surface area (Å²) in [6.07, 6.45) is 3.37. The van der Waals surface area contributed by atoms with E-state index in [0.717, 1.165) is 0 Å². The Balaban J connectivity index is 1.37. The lowest BCUT2D eigenvalue weighted by atomic mass is 9.85. The van der Waals surface area contributed by atoms with E-state index in [1.807, 2.05) is 0 Å². The van der Waals surface area contributed by atoms with Gasteiger partial charge in [-0.25, -0.2) is 8.78 Å². The second-order valence-electron chi connectivity index (χ2n) is 8.94. The van der Waals surface area contributed by atoms with Gasteiger partial charge in [-0.1, -0.05) is 12.1 Å². The van der Waals surface area contributed by atoms with Crippen LogP contribution in [-0.4, -0.2) is 43.8 Å². The van der Waals surface area contributed by atoms with Gasteiger partial charge in [0.25, 0.3) is 5.91 Å². The van der Waals surface area contributed by atoms with Crippen molar-refractivity contribution < 1.29 is 18.7 Å². The van der Waals surface area contributed by atoms with Gasteiger partial charge in [0.15, 0.2) is 0 Å². The van der Waals surface area contributed by atoms with Crippen LogP contribution in [0.4, 0.5) is 8.78 Å². The van der Waals surface area contributed by atoms with Crippen molar-refractivity contribution in [3.05, 3.63) is 82.8 Å². The van der Waals surface area contributed by atoms with Crippen molar-refractivity contribution in [2.24, 2.45) is 7.05 Å². The van der Waals surface area contributed by atoms with Crippen molar-refractivity contribution >= 4 is 16.8 Å². The van der Waals surface area contributed by atoms with Crippen molar-refractivity contribution in [2.75, 3.05) is 13.1 Å². The highest BCUT2D eigenvalue weighted by Gasteiger charge is 2.38. The van der Waals surface area contributed by atoms with Crippen molar-refractivity contribution in [3.63, 3.8) is 0 Å². The van der Waals surface area contributed by atoms with Gasteiger partial charge >= 0.3 is 0 Å². The zero-order valence-corrected chi connectivity index (χ0v) is 18.3. The summed E-state index contributed by atoms with van der Waals surface area (Å²) in [6, 6.07) is 9.43. The molecule has 4 heterocycles. The topological polar surface area (TPSA) is 83.3 Å². The van der Waals surface area contributed by atoms with Gasteiger partial charge in [-0.2, -0.15) is 5.10 Å². The fraction of sp³-hybridized carbons (Fsp3) is 0.240. The van der Waals surface area contributed by atoms with Gasteiger partial charge in [0, 0.05) is 49.0 Å². The summed E-state index contributed by atoms with van der Waals surface area (Å²) in [4.78, 5) is 18.2. The van der Waals surface area contributed by atoms with E-state index >= 15 is 8.78 Å². The zero-order chi connectivity index (χ0) is 23.6. The number of aliphatic hydroxyl groups is 1. The van der Waals surface area contributed by atoms with Crippen molar-refractivity contribution in [2.45, 2.75) is 18.7 Å². The smallest absolute Gasteiger partial charge is 0.256 e. The number of nitrogens with zero attached hydrogens (tertiary/aromatic N) is 4. The summed E-state index contributed by atoms with van der Waals surface area (Å²) < 4.78 is 32.0. The highest BCUT2D eigenvalue weighted by Crippen LogP contribution is 2.37. The number of fused-ring (bicyclic) bond motifs is 2. The molecule has 9 heteroatoms. The molecule has 2 aromatic heterocycles. The molecule has 0 spiro atoms. The Hall–Kier alpha value is -3.69. The van der Waals surface area contributed by atoms with Gasteiger partial charge in [-0.05, 0) is 35.4 Å². The van der Waals surface area contributed by atoms with Gasteiger partial charge in [0.2, 0.25) is 0 Å². The van der Waals surface area contributed by atoms with Crippen LogP contribution in [0, 0.1) is 11.6 Å². The van der Waals surface area contributed by atoms with E-state index in [0.29, 0.717) is 51.9 Å². The third-order valence-electron chi connectivity index (χ3n) is 6.68. The minimum absolute atomic E-state index is 0.168. The minimum Gasteiger partial charge on any atom is -0.382 e. The quantitative estimate of drug-likeness (QED) is 0.489. The Morgan fingerprint density at radius 1 is 1.15 bits per heavy atom. The summed E-state index contributed by atoms with van der Waals surface area (Å²) in [5.41, 5.74) is 2.14. The number of hydrogen-bond acceptors (Lipinski definition) is 5. The van der Waals surface area contributed by atoms with Crippen LogP contribution in [0.2, 0.25) is 0 Å². The molecule has 0 radical (unpaired) electrons. The number of hydrogen-bond donors (Lipinski definition) is 2. The molecular formula is C25H21F2N5O2. The Morgan fingerprint density at radius 2 is 1.91 bits per heavy atom. The molecule has 6 rings (SSSR count). The summed E-state index contributed by atoms with van der Waals surface area (Å²) >= 11 is 0. The van der Waals surface area contributed by atoms with E-state index in [1.54, 1.807) is 48.4 Å². The highest BCUT2D eigenvalue weighted by atomic mass is 19.1. The standard InChI is InChI=1S/C25H21F2N5O2/c1-31-9-17-15(4-5-19(23(17)30-31)25(34)12-28-13-25)14-7-20(26)18(21(27)8-14)10-32-11-22-16(24(32)33)3-2-6-29-22/h2-9,28,34H,10-13H2,1H3. The second kappa shape index (κ2) is 7.41. The molecule has 0 atom stereocenters. The predicted molar refractivity (Wildman–Crippen MR) is 121 cm³/mol. The van der Waals surface area contributed by atoms with Crippen LogP contribution in [0.15, 0.2) is 48.8 Å².